The molecule has 0 atom stereocenters. The smallest absolute Gasteiger partial charge is 0.0700 e. The molecule has 0 spiro atoms. The van der Waals surface area contributed by atoms with E-state index >= 15 is 0 Å². The van der Waals surface area contributed by atoms with Gasteiger partial charge in [0.1, 0.15) is 0 Å². The first-order valence-corrected chi connectivity index (χ1v) is 4.07. The summed E-state index contributed by atoms with van der Waals surface area (Å²) in [5.74, 6) is 0. The Morgan fingerprint density at radius 2 is 2.00 bits per heavy atom. The van der Waals surface area contributed by atoms with Crippen LogP contribution in [0.2, 0.25) is 0 Å². The predicted octanol–water partition coefficient (Wildman–Crippen LogP) is 1.02. The van der Waals surface area contributed by atoms with Gasteiger partial charge in [-0.05, 0) is 19.1 Å². The van der Waals surface area contributed by atoms with Crippen LogP contribution >= 0.6 is 0 Å². The lowest BCUT2D eigenvalue weighted by Gasteiger charge is -2.20. The molecule has 0 saturated heterocycles. The fourth-order valence-corrected chi connectivity index (χ4v) is 0.864. The van der Waals surface area contributed by atoms with Crippen LogP contribution in [0.15, 0.2) is 12.1 Å². The third kappa shape index (κ3) is 1.80. The Morgan fingerprint density at radius 3 is 2.42 bits per heavy atom. The molecule has 0 aromatic carbocycles. The largest absolute Gasteiger partial charge is 0.330 e. The minimum atomic E-state index is -0.0688. The maximum Gasteiger partial charge on any atom is 0.0700 e. The van der Waals surface area contributed by atoms with Gasteiger partial charge in [0.2, 0.25) is 0 Å². The van der Waals surface area contributed by atoms with E-state index in [0.29, 0.717) is 6.54 Å². The molecule has 0 bridgehead atoms. The van der Waals surface area contributed by atoms with E-state index < -0.39 is 0 Å². The van der Waals surface area contributed by atoms with Gasteiger partial charge < -0.3 is 5.73 Å². The van der Waals surface area contributed by atoms with Crippen molar-refractivity contribution in [1.82, 2.24) is 10.2 Å². The van der Waals surface area contributed by atoms with Crippen LogP contribution in [0.1, 0.15) is 25.2 Å². The van der Waals surface area contributed by atoms with E-state index in [1.165, 1.54) is 0 Å². The molecule has 1 aromatic heterocycles. The Kier molecular flexibility index (Phi) is 2.43. The fourth-order valence-electron chi connectivity index (χ4n) is 0.864. The van der Waals surface area contributed by atoms with E-state index in [1.807, 2.05) is 19.1 Å². The molecule has 1 rings (SSSR count). The standard InChI is InChI=1S/C9H15N3/c1-7-4-5-8(12-11-7)9(2,3)6-10/h4-5H,6,10H2,1-3H3. The normalized spacial score (nSPS) is 11.7. The molecule has 12 heavy (non-hydrogen) atoms. The molecule has 0 saturated carbocycles. The molecule has 66 valence electrons. The summed E-state index contributed by atoms with van der Waals surface area (Å²) in [6, 6.07) is 3.94. The van der Waals surface area contributed by atoms with E-state index in [2.05, 4.69) is 24.0 Å². The maximum atomic E-state index is 5.61. The summed E-state index contributed by atoms with van der Waals surface area (Å²) in [6.07, 6.45) is 0. The number of hydrogen-bond acceptors (Lipinski definition) is 3. The van der Waals surface area contributed by atoms with Crippen LogP contribution in [0, 0.1) is 6.92 Å². The average Bonchev–Trinajstić information content (AvgIpc) is 2.05. The van der Waals surface area contributed by atoms with E-state index in [-0.39, 0.29) is 5.41 Å². The number of aromatic nitrogens is 2. The fraction of sp³-hybridized carbons (Fsp3) is 0.556. The van der Waals surface area contributed by atoms with Crippen LogP contribution in [-0.4, -0.2) is 16.7 Å². The molecule has 2 N–H and O–H groups in total. The summed E-state index contributed by atoms with van der Waals surface area (Å²) in [4.78, 5) is 0. The lowest BCUT2D eigenvalue weighted by Crippen LogP contribution is -2.29. The van der Waals surface area contributed by atoms with Crippen LogP contribution in [0.25, 0.3) is 0 Å². The van der Waals surface area contributed by atoms with Crippen LogP contribution in [0.4, 0.5) is 0 Å². The SMILES string of the molecule is Cc1ccc(C(C)(C)CN)nn1. The van der Waals surface area contributed by atoms with Crippen LogP contribution in [-0.2, 0) is 5.41 Å². The minimum Gasteiger partial charge on any atom is -0.330 e. The Morgan fingerprint density at radius 1 is 1.33 bits per heavy atom. The molecule has 0 aliphatic heterocycles. The third-order valence-electron chi connectivity index (χ3n) is 2.00. The number of rotatable bonds is 2. The summed E-state index contributed by atoms with van der Waals surface area (Å²) in [6.45, 7) is 6.63. The zero-order valence-corrected chi connectivity index (χ0v) is 7.83. The molecule has 0 fully saturated rings. The van der Waals surface area contributed by atoms with E-state index in [1.54, 1.807) is 0 Å². The highest BCUT2D eigenvalue weighted by Gasteiger charge is 2.19. The zero-order chi connectivity index (χ0) is 9.19. The molecule has 0 aliphatic rings. The van der Waals surface area contributed by atoms with Crippen molar-refractivity contribution in [3.63, 3.8) is 0 Å². The van der Waals surface area contributed by atoms with Crippen LogP contribution in [0.3, 0.4) is 0 Å². The van der Waals surface area contributed by atoms with Crippen molar-refractivity contribution in [2.45, 2.75) is 26.2 Å². The first kappa shape index (κ1) is 9.13. The van der Waals surface area contributed by atoms with E-state index in [9.17, 15) is 0 Å². The summed E-state index contributed by atoms with van der Waals surface area (Å²) >= 11 is 0. The Balaban J connectivity index is 2.96. The van der Waals surface area contributed by atoms with Crippen molar-refractivity contribution in [2.75, 3.05) is 6.54 Å². The van der Waals surface area contributed by atoms with Crippen molar-refractivity contribution in [2.24, 2.45) is 5.73 Å². The van der Waals surface area contributed by atoms with Crippen LogP contribution in [0.5, 0.6) is 0 Å². The highest BCUT2D eigenvalue weighted by Crippen LogP contribution is 2.18. The molecule has 0 aliphatic carbocycles. The lowest BCUT2D eigenvalue weighted by molar-refractivity contribution is 0.513. The summed E-state index contributed by atoms with van der Waals surface area (Å²) < 4.78 is 0. The quantitative estimate of drug-likeness (QED) is 0.711. The van der Waals surface area contributed by atoms with Crippen molar-refractivity contribution < 1.29 is 0 Å². The molecule has 0 radical (unpaired) electrons. The van der Waals surface area contributed by atoms with Gasteiger partial charge in [0.05, 0.1) is 11.4 Å². The predicted molar refractivity (Wildman–Crippen MR) is 48.8 cm³/mol. The van der Waals surface area contributed by atoms with Crippen molar-refractivity contribution in [1.29, 1.82) is 0 Å². The number of nitrogens with two attached hydrogens (primary N) is 1. The second-order valence-electron chi connectivity index (χ2n) is 3.65. The topological polar surface area (TPSA) is 51.8 Å². The minimum absolute atomic E-state index is 0.0688. The third-order valence-corrected chi connectivity index (χ3v) is 2.00. The highest BCUT2D eigenvalue weighted by molar-refractivity contribution is 5.14. The second-order valence-corrected chi connectivity index (χ2v) is 3.65. The van der Waals surface area contributed by atoms with Gasteiger partial charge in [0.25, 0.3) is 0 Å². The first-order chi connectivity index (χ1) is 5.56. The van der Waals surface area contributed by atoms with Gasteiger partial charge in [0, 0.05) is 12.0 Å². The van der Waals surface area contributed by atoms with Gasteiger partial charge in [-0.1, -0.05) is 13.8 Å². The number of aryl methyl sites for hydroxylation is 1. The Hall–Kier alpha value is -0.960. The summed E-state index contributed by atoms with van der Waals surface area (Å²) in [5, 5.41) is 8.08. The lowest BCUT2D eigenvalue weighted by atomic mass is 9.89. The Bertz CT molecular complexity index is 251. The van der Waals surface area contributed by atoms with E-state index in [4.69, 9.17) is 5.73 Å². The van der Waals surface area contributed by atoms with Gasteiger partial charge in [0.15, 0.2) is 0 Å². The Labute approximate surface area is 73.0 Å². The maximum absolute atomic E-state index is 5.61. The average molecular weight is 165 g/mol. The molecular formula is C9H15N3. The molecule has 3 nitrogen and oxygen atoms in total. The number of nitrogens with zero attached hydrogens (tertiary/aromatic N) is 2. The van der Waals surface area contributed by atoms with Crippen LogP contribution < -0.4 is 5.73 Å². The van der Waals surface area contributed by atoms with Gasteiger partial charge in [-0.15, -0.1) is 0 Å². The van der Waals surface area contributed by atoms with Gasteiger partial charge in [-0.2, -0.15) is 10.2 Å². The molecule has 3 heteroatoms. The summed E-state index contributed by atoms with van der Waals surface area (Å²) in [7, 11) is 0. The van der Waals surface area contributed by atoms with Crippen molar-refractivity contribution >= 4 is 0 Å². The van der Waals surface area contributed by atoms with Gasteiger partial charge in [-0.25, -0.2) is 0 Å². The van der Waals surface area contributed by atoms with E-state index in [0.717, 1.165) is 11.4 Å². The highest BCUT2D eigenvalue weighted by atomic mass is 15.1. The summed E-state index contributed by atoms with van der Waals surface area (Å²) in [5.41, 5.74) is 7.43. The monoisotopic (exact) mass is 165 g/mol. The van der Waals surface area contributed by atoms with Crippen molar-refractivity contribution in [3.05, 3.63) is 23.5 Å². The molecular weight excluding hydrogens is 150 g/mol. The zero-order valence-electron chi connectivity index (χ0n) is 7.83. The molecule has 0 amide bonds. The van der Waals surface area contributed by atoms with Gasteiger partial charge in [-0.3, -0.25) is 0 Å². The number of hydrogen-bond donors (Lipinski definition) is 1. The first-order valence-electron chi connectivity index (χ1n) is 4.07. The second kappa shape index (κ2) is 3.19. The molecule has 1 heterocycles. The molecule has 0 unspecified atom stereocenters. The van der Waals surface area contributed by atoms with Crippen molar-refractivity contribution in [3.8, 4) is 0 Å². The molecule has 1 aromatic rings. The van der Waals surface area contributed by atoms with Gasteiger partial charge >= 0.3 is 0 Å².